The summed E-state index contributed by atoms with van der Waals surface area (Å²) in [5, 5.41) is 3.42. The molecule has 0 radical (unpaired) electrons. The van der Waals surface area contributed by atoms with Gasteiger partial charge in [-0.25, -0.2) is 9.79 Å². The smallest absolute Gasteiger partial charge is 0.341 e. The number of ether oxygens (including phenoxy) is 2. The molecule has 4 rings (SSSR count). The molecule has 2 unspecified atom stereocenters. The molecule has 0 saturated carbocycles. The fourth-order valence-corrected chi connectivity index (χ4v) is 4.54. The van der Waals surface area contributed by atoms with E-state index in [0.29, 0.717) is 17.3 Å². The Morgan fingerprint density at radius 1 is 1.09 bits per heavy atom. The normalized spacial score (nSPS) is 21.0. The monoisotopic (exact) mass is 484 g/mol. The molecule has 2 aliphatic heterocycles. The molecule has 2 amide bonds. The van der Waals surface area contributed by atoms with Crippen molar-refractivity contribution in [2.75, 3.05) is 51.3 Å². The van der Waals surface area contributed by atoms with Gasteiger partial charge in [0.05, 0.1) is 25.5 Å². The number of urea groups is 1. The van der Waals surface area contributed by atoms with Gasteiger partial charge in [0, 0.05) is 43.4 Å². The number of aliphatic imine (C=N–C) groups is 1. The summed E-state index contributed by atoms with van der Waals surface area (Å²) >= 11 is 6.04. The van der Waals surface area contributed by atoms with Crippen LogP contribution in [0.25, 0.3) is 0 Å². The molecule has 1 N–H and O–H groups in total. The van der Waals surface area contributed by atoms with E-state index in [9.17, 15) is 9.59 Å². The van der Waals surface area contributed by atoms with Crippen molar-refractivity contribution < 1.29 is 19.1 Å². The molecule has 2 aromatic carbocycles. The lowest BCUT2D eigenvalue weighted by Crippen LogP contribution is -2.52. The number of carbonyl (C=O) groups excluding carboxylic acids is 2. The van der Waals surface area contributed by atoms with Crippen LogP contribution in [0, 0.1) is 5.92 Å². The summed E-state index contributed by atoms with van der Waals surface area (Å²) < 4.78 is 10.6. The summed E-state index contributed by atoms with van der Waals surface area (Å²) in [6.45, 7) is 5.68. The first-order valence-corrected chi connectivity index (χ1v) is 11.8. The van der Waals surface area contributed by atoms with Crippen molar-refractivity contribution in [3.05, 3.63) is 59.1 Å². The highest BCUT2D eigenvalue weighted by Crippen LogP contribution is 2.30. The summed E-state index contributed by atoms with van der Waals surface area (Å²) in [5.41, 5.74) is 2.45. The summed E-state index contributed by atoms with van der Waals surface area (Å²) in [4.78, 5) is 34.2. The lowest BCUT2D eigenvalue weighted by atomic mass is 9.87. The molecule has 1 saturated heterocycles. The number of rotatable bonds is 7. The molecule has 2 atom stereocenters. The number of hydrogen-bond acceptors (Lipinski definition) is 6. The van der Waals surface area contributed by atoms with Crippen molar-refractivity contribution >= 4 is 35.0 Å². The molecule has 2 aromatic rings. The van der Waals surface area contributed by atoms with E-state index in [1.54, 1.807) is 26.2 Å². The third-order valence-corrected chi connectivity index (χ3v) is 6.43. The third kappa shape index (κ3) is 5.51. The zero-order chi connectivity index (χ0) is 24.1. The molecule has 8 nitrogen and oxygen atoms in total. The van der Waals surface area contributed by atoms with Crippen molar-refractivity contribution in [1.29, 1.82) is 0 Å². The largest absolute Gasteiger partial charge is 0.497 e. The molecule has 34 heavy (non-hydrogen) atoms. The van der Waals surface area contributed by atoms with Gasteiger partial charge in [0.2, 0.25) is 0 Å². The van der Waals surface area contributed by atoms with Crippen molar-refractivity contribution in [3.8, 4) is 5.75 Å². The first-order valence-electron chi connectivity index (χ1n) is 11.4. The van der Waals surface area contributed by atoms with Crippen LogP contribution >= 0.6 is 11.6 Å². The first-order chi connectivity index (χ1) is 16.5. The molecule has 180 valence electrons. The van der Waals surface area contributed by atoms with Gasteiger partial charge in [-0.05, 0) is 48.9 Å². The van der Waals surface area contributed by atoms with Crippen LogP contribution in [0.15, 0.2) is 53.5 Å². The van der Waals surface area contributed by atoms with Crippen LogP contribution in [-0.2, 0) is 9.53 Å². The van der Waals surface area contributed by atoms with Gasteiger partial charge in [-0.15, -0.1) is 0 Å². The van der Waals surface area contributed by atoms with E-state index in [2.05, 4.69) is 32.2 Å². The van der Waals surface area contributed by atoms with E-state index in [-0.39, 0.29) is 6.61 Å². The van der Waals surface area contributed by atoms with Gasteiger partial charge in [0.1, 0.15) is 11.7 Å². The zero-order valence-electron chi connectivity index (χ0n) is 19.4. The Bertz CT molecular complexity index is 1030. The second kappa shape index (κ2) is 10.9. The van der Waals surface area contributed by atoms with E-state index >= 15 is 0 Å². The van der Waals surface area contributed by atoms with Gasteiger partial charge >= 0.3 is 12.0 Å². The molecule has 9 heteroatoms. The van der Waals surface area contributed by atoms with Gasteiger partial charge in [0.25, 0.3) is 0 Å². The minimum Gasteiger partial charge on any atom is -0.497 e. The van der Waals surface area contributed by atoms with E-state index < -0.39 is 24.0 Å². The van der Waals surface area contributed by atoms with Crippen LogP contribution in [0.4, 0.5) is 10.5 Å². The SMILES string of the molecule is CCOC(=O)C1C(CN2CCN(c3ccc(OC)cc3)CC2)=NC(=O)NC1c1ccc(Cl)cc1. The average molecular weight is 485 g/mol. The maximum absolute atomic E-state index is 13.0. The molecule has 2 heterocycles. The minimum absolute atomic E-state index is 0.254. The Labute approximate surface area is 204 Å². The fraction of sp³-hybridized carbons (Fsp3) is 0.400. The van der Waals surface area contributed by atoms with Gasteiger partial charge in [-0.2, -0.15) is 0 Å². The Kier molecular flexibility index (Phi) is 7.70. The molecular weight excluding hydrogens is 456 g/mol. The number of benzene rings is 2. The fourth-order valence-electron chi connectivity index (χ4n) is 4.41. The van der Waals surface area contributed by atoms with Crippen LogP contribution in [0.3, 0.4) is 0 Å². The van der Waals surface area contributed by atoms with Crippen LogP contribution in [-0.4, -0.2) is 69.1 Å². The number of hydrogen-bond donors (Lipinski definition) is 1. The Hall–Kier alpha value is -3.10. The maximum Gasteiger partial charge on any atom is 0.341 e. The van der Waals surface area contributed by atoms with Crippen molar-refractivity contribution in [2.45, 2.75) is 13.0 Å². The van der Waals surface area contributed by atoms with E-state index in [1.807, 2.05) is 24.3 Å². The molecule has 0 bridgehead atoms. The van der Waals surface area contributed by atoms with Crippen molar-refractivity contribution in [2.24, 2.45) is 10.9 Å². The highest BCUT2D eigenvalue weighted by Gasteiger charge is 2.40. The first kappa shape index (κ1) is 24.0. The van der Waals surface area contributed by atoms with Crippen LogP contribution in [0.1, 0.15) is 18.5 Å². The summed E-state index contributed by atoms with van der Waals surface area (Å²) in [6.07, 6.45) is 0. The predicted molar refractivity (Wildman–Crippen MR) is 132 cm³/mol. The molecule has 2 aliphatic rings. The van der Waals surface area contributed by atoms with Crippen molar-refractivity contribution in [3.63, 3.8) is 0 Å². The maximum atomic E-state index is 13.0. The molecule has 0 aliphatic carbocycles. The van der Waals surface area contributed by atoms with Crippen LogP contribution < -0.4 is 15.0 Å². The predicted octanol–water partition coefficient (Wildman–Crippen LogP) is 3.56. The average Bonchev–Trinajstić information content (AvgIpc) is 2.85. The number of piperazine rings is 1. The lowest BCUT2D eigenvalue weighted by Gasteiger charge is -2.38. The topological polar surface area (TPSA) is 83.5 Å². The van der Waals surface area contributed by atoms with Gasteiger partial charge in [-0.3, -0.25) is 9.69 Å². The highest BCUT2D eigenvalue weighted by atomic mass is 35.5. The second-order valence-corrected chi connectivity index (χ2v) is 8.71. The van der Waals surface area contributed by atoms with E-state index in [4.69, 9.17) is 21.1 Å². The lowest BCUT2D eigenvalue weighted by molar-refractivity contribution is -0.146. The summed E-state index contributed by atoms with van der Waals surface area (Å²) in [6, 6.07) is 14.1. The third-order valence-electron chi connectivity index (χ3n) is 6.18. The standard InChI is InChI=1S/C25H29ClN4O4/c1-3-34-24(31)22-21(27-25(32)28-23(22)17-4-6-18(26)7-5-17)16-29-12-14-30(15-13-29)19-8-10-20(33-2)11-9-19/h4-11,22-23H,3,12-16H2,1-2H3,(H,28,32). The Morgan fingerprint density at radius 3 is 2.38 bits per heavy atom. The zero-order valence-corrected chi connectivity index (χ0v) is 20.1. The van der Waals surface area contributed by atoms with E-state index in [1.165, 1.54) is 0 Å². The molecular formula is C25H29ClN4O4. The quantitative estimate of drug-likeness (QED) is 0.605. The van der Waals surface area contributed by atoms with E-state index in [0.717, 1.165) is 43.2 Å². The number of halogens is 1. The summed E-state index contributed by atoms with van der Waals surface area (Å²) in [7, 11) is 1.66. The number of methoxy groups -OCH3 is 1. The van der Waals surface area contributed by atoms with Crippen LogP contribution in [0.2, 0.25) is 5.02 Å². The number of nitrogens with zero attached hydrogens (tertiary/aromatic N) is 3. The minimum atomic E-state index is -0.696. The number of nitrogens with one attached hydrogen (secondary N) is 1. The Morgan fingerprint density at radius 2 is 1.76 bits per heavy atom. The molecule has 0 aromatic heterocycles. The number of carbonyl (C=O) groups is 2. The van der Waals surface area contributed by atoms with Gasteiger partial charge in [-0.1, -0.05) is 23.7 Å². The summed E-state index contributed by atoms with van der Waals surface area (Å²) in [5.74, 6) is -0.257. The van der Waals surface area contributed by atoms with Gasteiger partial charge in [0.15, 0.2) is 0 Å². The van der Waals surface area contributed by atoms with Crippen molar-refractivity contribution in [1.82, 2.24) is 10.2 Å². The second-order valence-electron chi connectivity index (χ2n) is 8.27. The number of esters is 1. The van der Waals surface area contributed by atoms with Gasteiger partial charge < -0.3 is 19.7 Å². The highest BCUT2D eigenvalue weighted by molar-refractivity contribution is 6.30. The van der Waals surface area contributed by atoms with Crippen LogP contribution in [0.5, 0.6) is 5.75 Å². The number of anilines is 1. The number of amides is 2. The Balaban J connectivity index is 1.48. The molecule has 0 spiro atoms. The molecule has 1 fully saturated rings.